The number of ether oxygens (including phenoxy) is 2. The first-order chi connectivity index (χ1) is 12.6. The van der Waals surface area contributed by atoms with E-state index in [1.54, 1.807) is 12.1 Å². The van der Waals surface area contributed by atoms with Gasteiger partial charge in [0.2, 0.25) is 0 Å². The number of rotatable bonds is 4. The summed E-state index contributed by atoms with van der Waals surface area (Å²) in [5.41, 5.74) is 1.23. The van der Waals surface area contributed by atoms with Crippen LogP contribution in [0.3, 0.4) is 0 Å². The minimum absolute atomic E-state index is 0.185. The molecule has 0 spiro atoms. The fourth-order valence-electron chi connectivity index (χ4n) is 5.00. The molecule has 4 rings (SSSR count). The van der Waals surface area contributed by atoms with Gasteiger partial charge in [-0.1, -0.05) is 0 Å². The Labute approximate surface area is 156 Å². The molecule has 1 saturated heterocycles. The Bertz CT molecular complexity index is 622. The van der Waals surface area contributed by atoms with E-state index in [0.29, 0.717) is 24.4 Å². The number of nitrogens with zero attached hydrogens (tertiary/aromatic N) is 2. The van der Waals surface area contributed by atoms with Crippen LogP contribution in [0.2, 0.25) is 0 Å². The van der Waals surface area contributed by atoms with E-state index >= 15 is 0 Å². The molecule has 144 valence electrons. The first kappa shape index (κ1) is 18.1. The SMILES string of the molecule is CCOC1CCC(C)(N2CCC(N3COc4ccc(F)cc43)CC2)CC1. The Kier molecular flexibility index (Phi) is 5.11. The van der Waals surface area contributed by atoms with E-state index in [0.717, 1.165) is 44.0 Å². The summed E-state index contributed by atoms with van der Waals surface area (Å²) in [6, 6.07) is 5.28. The maximum atomic E-state index is 13.6. The van der Waals surface area contributed by atoms with E-state index in [-0.39, 0.29) is 5.82 Å². The number of halogens is 1. The van der Waals surface area contributed by atoms with Crippen LogP contribution in [0.15, 0.2) is 18.2 Å². The highest BCUT2D eigenvalue weighted by Gasteiger charge is 2.39. The van der Waals surface area contributed by atoms with E-state index in [1.807, 2.05) is 0 Å². The second kappa shape index (κ2) is 7.35. The quantitative estimate of drug-likeness (QED) is 0.802. The lowest BCUT2D eigenvalue weighted by atomic mass is 9.79. The average Bonchev–Trinajstić information content (AvgIpc) is 3.07. The van der Waals surface area contributed by atoms with Crippen LogP contribution in [0.1, 0.15) is 52.4 Å². The van der Waals surface area contributed by atoms with Gasteiger partial charge in [-0.05, 0) is 64.5 Å². The molecule has 0 atom stereocenters. The van der Waals surface area contributed by atoms with Crippen molar-refractivity contribution in [1.82, 2.24) is 4.90 Å². The highest BCUT2D eigenvalue weighted by Crippen LogP contribution is 2.40. The van der Waals surface area contributed by atoms with Crippen molar-refractivity contribution < 1.29 is 13.9 Å². The highest BCUT2D eigenvalue weighted by molar-refractivity contribution is 5.62. The van der Waals surface area contributed by atoms with Crippen LogP contribution in [0.5, 0.6) is 5.75 Å². The first-order valence-electron chi connectivity index (χ1n) is 10.1. The molecule has 1 saturated carbocycles. The lowest BCUT2D eigenvalue weighted by molar-refractivity contribution is -0.0252. The van der Waals surface area contributed by atoms with Crippen LogP contribution in [0, 0.1) is 5.82 Å². The third-order valence-corrected chi connectivity index (χ3v) is 6.67. The average molecular weight is 362 g/mol. The van der Waals surface area contributed by atoms with Crippen molar-refractivity contribution in [3.63, 3.8) is 0 Å². The summed E-state index contributed by atoms with van der Waals surface area (Å²) in [7, 11) is 0. The number of likely N-dealkylation sites (tertiary alicyclic amines) is 1. The van der Waals surface area contributed by atoms with Gasteiger partial charge >= 0.3 is 0 Å². The second-order valence-corrected chi connectivity index (χ2v) is 8.23. The molecule has 1 aliphatic carbocycles. The molecule has 26 heavy (non-hydrogen) atoms. The monoisotopic (exact) mass is 362 g/mol. The van der Waals surface area contributed by atoms with Gasteiger partial charge in [0.15, 0.2) is 6.73 Å². The van der Waals surface area contributed by atoms with Gasteiger partial charge in [0, 0.05) is 37.3 Å². The molecule has 3 aliphatic rings. The Morgan fingerprint density at radius 3 is 2.62 bits per heavy atom. The second-order valence-electron chi connectivity index (χ2n) is 8.23. The number of hydrogen-bond donors (Lipinski definition) is 0. The standard InChI is InChI=1S/C21H31FN2O2/c1-3-25-18-6-10-21(2,11-7-18)23-12-8-17(9-13-23)24-15-26-20-5-4-16(22)14-19(20)24/h4-5,14,17-18H,3,6-13,15H2,1-2H3. The van der Waals surface area contributed by atoms with Crippen LogP contribution in [-0.2, 0) is 4.74 Å². The number of anilines is 1. The topological polar surface area (TPSA) is 24.9 Å². The maximum Gasteiger partial charge on any atom is 0.161 e. The molecule has 0 N–H and O–H groups in total. The molecule has 0 unspecified atom stereocenters. The molecule has 0 radical (unpaired) electrons. The fraction of sp³-hybridized carbons (Fsp3) is 0.714. The highest BCUT2D eigenvalue weighted by atomic mass is 19.1. The van der Waals surface area contributed by atoms with Gasteiger partial charge in [0.05, 0.1) is 11.8 Å². The summed E-state index contributed by atoms with van der Waals surface area (Å²) in [5.74, 6) is 0.630. The molecular formula is C21H31FN2O2. The Hall–Kier alpha value is -1.33. The number of hydrogen-bond acceptors (Lipinski definition) is 4. The number of benzene rings is 1. The Morgan fingerprint density at radius 1 is 1.19 bits per heavy atom. The molecule has 1 aromatic rings. The van der Waals surface area contributed by atoms with E-state index in [2.05, 4.69) is 23.6 Å². The van der Waals surface area contributed by atoms with E-state index < -0.39 is 0 Å². The molecule has 2 aliphatic heterocycles. The molecule has 5 heteroatoms. The van der Waals surface area contributed by atoms with Gasteiger partial charge in [-0.3, -0.25) is 4.90 Å². The Balaban J connectivity index is 1.35. The summed E-state index contributed by atoms with van der Waals surface area (Å²) in [4.78, 5) is 4.94. The zero-order valence-electron chi connectivity index (χ0n) is 16.0. The molecule has 0 bridgehead atoms. The number of fused-ring (bicyclic) bond motifs is 1. The van der Waals surface area contributed by atoms with Crippen molar-refractivity contribution in [2.45, 2.75) is 70.1 Å². The molecule has 0 aromatic heterocycles. The zero-order chi connectivity index (χ0) is 18.1. The molecule has 2 heterocycles. The minimum Gasteiger partial charge on any atom is -0.471 e. The van der Waals surface area contributed by atoms with Crippen LogP contribution in [0.25, 0.3) is 0 Å². The van der Waals surface area contributed by atoms with Crippen molar-refractivity contribution >= 4 is 5.69 Å². The fourth-order valence-corrected chi connectivity index (χ4v) is 5.00. The van der Waals surface area contributed by atoms with Gasteiger partial charge in [-0.2, -0.15) is 0 Å². The zero-order valence-corrected chi connectivity index (χ0v) is 16.0. The molecular weight excluding hydrogens is 331 g/mol. The van der Waals surface area contributed by atoms with Crippen molar-refractivity contribution in [2.24, 2.45) is 0 Å². The van der Waals surface area contributed by atoms with Gasteiger partial charge in [-0.15, -0.1) is 0 Å². The van der Waals surface area contributed by atoms with E-state index in [4.69, 9.17) is 9.47 Å². The molecule has 1 aromatic carbocycles. The van der Waals surface area contributed by atoms with Gasteiger partial charge < -0.3 is 14.4 Å². The van der Waals surface area contributed by atoms with Crippen molar-refractivity contribution in [3.8, 4) is 5.75 Å². The summed E-state index contributed by atoms with van der Waals surface area (Å²) in [6.07, 6.45) is 7.49. The molecule has 0 amide bonds. The number of piperidine rings is 1. The van der Waals surface area contributed by atoms with Gasteiger partial charge in [0.25, 0.3) is 0 Å². The predicted molar refractivity (Wildman–Crippen MR) is 101 cm³/mol. The van der Waals surface area contributed by atoms with E-state index in [9.17, 15) is 4.39 Å². The van der Waals surface area contributed by atoms with Crippen LogP contribution in [0.4, 0.5) is 10.1 Å². The lowest BCUT2D eigenvalue weighted by Gasteiger charge is -2.49. The normalized spacial score (nSPS) is 30.3. The maximum absolute atomic E-state index is 13.6. The van der Waals surface area contributed by atoms with Crippen LogP contribution >= 0.6 is 0 Å². The third kappa shape index (κ3) is 3.44. The van der Waals surface area contributed by atoms with Gasteiger partial charge in [0.1, 0.15) is 11.6 Å². The molecule has 4 nitrogen and oxygen atoms in total. The minimum atomic E-state index is -0.185. The van der Waals surface area contributed by atoms with Crippen molar-refractivity contribution in [1.29, 1.82) is 0 Å². The van der Waals surface area contributed by atoms with Crippen LogP contribution in [-0.4, -0.2) is 49.0 Å². The van der Waals surface area contributed by atoms with Crippen molar-refractivity contribution in [3.05, 3.63) is 24.0 Å². The predicted octanol–water partition coefficient (Wildman–Crippen LogP) is 4.18. The Morgan fingerprint density at radius 2 is 1.92 bits per heavy atom. The largest absolute Gasteiger partial charge is 0.471 e. The first-order valence-corrected chi connectivity index (χ1v) is 10.1. The smallest absolute Gasteiger partial charge is 0.161 e. The third-order valence-electron chi connectivity index (χ3n) is 6.67. The lowest BCUT2D eigenvalue weighted by Crippen LogP contribution is -2.55. The summed E-state index contributed by atoms with van der Waals surface area (Å²) in [5, 5.41) is 0. The van der Waals surface area contributed by atoms with Gasteiger partial charge in [-0.25, -0.2) is 4.39 Å². The summed E-state index contributed by atoms with van der Waals surface area (Å²) >= 11 is 0. The molecule has 2 fully saturated rings. The van der Waals surface area contributed by atoms with Crippen molar-refractivity contribution in [2.75, 3.05) is 31.3 Å². The van der Waals surface area contributed by atoms with E-state index in [1.165, 1.54) is 31.7 Å². The van der Waals surface area contributed by atoms with Crippen LogP contribution < -0.4 is 9.64 Å². The summed E-state index contributed by atoms with van der Waals surface area (Å²) < 4.78 is 25.2. The summed E-state index contributed by atoms with van der Waals surface area (Å²) in [6.45, 7) is 8.12.